The van der Waals surface area contributed by atoms with Gasteiger partial charge in [-0.1, -0.05) is 27.7 Å². The smallest absolute Gasteiger partial charge is 0.407 e. The number of ether oxygens (including phenoxy) is 2. The van der Waals surface area contributed by atoms with E-state index < -0.39 is 5.60 Å². The quantitative estimate of drug-likeness (QED) is 0.756. The molecular formula is C16H31NO3. The van der Waals surface area contributed by atoms with Gasteiger partial charge in [0.2, 0.25) is 0 Å². The molecule has 1 aliphatic heterocycles. The van der Waals surface area contributed by atoms with Crippen LogP contribution in [0.2, 0.25) is 0 Å². The molecule has 20 heavy (non-hydrogen) atoms. The third-order valence-electron chi connectivity index (χ3n) is 3.15. The van der Waals surface area contributed by atoms with Crippen LogP contribution in [-0.2, 0) is 9.47 Å². The van der Waals surface area contributed by atoms with E-state index in [4.69, 9.17) is 9.47 Å². The van der Waals surface area contributed by atoms with Gasteiger partial charge in [0.15, 0.2) is 0 Å². The van der Waals surface area contributed by atoms with Crippen molar-refractivity contribution in [3.63, 3.8) is 0 Å². The maximum Gasteiger partial charge on any atom is 0.407 e. The molecule has 1 amide bonds. The average Bonchev–Trinajstić information content (AvgIpc) is 2.90. The number of carbonyl (C=O) groups is 1. The summed E-state index contributed by atoms with van der Waals surface area (Å²) in [6.07, 6.45) is 2.05. The van der Waals surface area contributed by atoms with Crippen LogP contribution in [0.4, 0.5) is 4.79 Å². The molecule has 1 rings (SSSR count). The van der Waals surface area contributed by atoms with Crippen molar-refractivity contribution in [1.82, 2.24) is 5.32 Å². The highest BCUT2D eigenvalue weighted by Crippen LogP contribution is 2.33. The van der Waals surface area contributed by atoms with Crippen molar-refractivity contribution in [1.29, 1.82) is 0 Å². The third kappa shape index (κ3) is 6.60. The molecule has 4 heteroatoms. The maximum absolute atomic E-state index is 11.9. The number of rotatable bonds is 6. The van der Waals surface area contributed by atoms with E-state index >= 15 is 0 Å². The highest BCUT2D eigenvalue weighted by molar-refractivity contribution is 5.68. The number of hydrogen-bond acceptors (Lipinski definition) is 3. The van der Waals surface area contributed by atoms with Crippen LogP contribution < -0.4 is 5.32 Å². The van der Waals surface area contributed by atoms with Gasteiger partial charge in [-0.15, -0.1) is 0 Å². The first-order valence-corrected chi connectivity index (χ1v) is 7.73. The van der Waals surface area contributed by atoms with Gasteiger partial charge in [-0.25, -0.2) is 4.79 Å². The van der Waals surface area contributed by atoms with Crippen LogP contribution in [0.5, 0.6) is 0 Å². The van der Waals surface area contributed by atoms with E-state index in [1.165, 1.54) is 0 Å². The molecule has 0 spiro atoms. The minimum absolute atomic E-state index is 0.0496. The molecule has 118 valence electrons. The first kappa shape index (κ1) is 17.3. The third-order valence-corrected chi connectivity index (χ3v) is 3.15. The van der Waals surface area contributed by atoms with E-state index in [-0.39, 0.29) is 24.3 Å². The minimum Gasteiger partial charge on any atom is -0.444 e. The summed E-state index contributed by atoms with van der Waals surface area (Å²) in [7, 11) is 0. The fraction of sp³-hybridized carbons (Fsp3) is 0.938. The van der Waals surface area contributed by atoms with Gasteiger partial charge in [0, 0.05) is 0 Å². The lowest BCUT2D eigenvalue weighted by molar-refractivity contribution is 0.0488. The summed E-state index contributed by atoms with van der Waals surface area (Å²) in [5.74, 6) is 1.13. The summed E-state index contributed by atoms with van der Waals surface area (Å²) in [6.45, 7) is 14.3. The highest BCUT2D eigenvalue weighted by Gasteiger charge is 2.45. The SMILES string of the molecule is CC(C)CC(NC(=O)OC(C)(C)C)C1OC1CC(C)C. The second-order valence-corrected chi connectivity index (χ2v) is 7.65. The largest absolute Gasteiger partial charge is 0.444 e. The summed E-state index contributed by atoms with van der Waals surface area (Å²) >= 11 is 0. The zero-order valence-electron chi connectivity index (χ0n) is 14.0. The molecule has 0 aromatic rings. The fourth-order valence-electron chi connectivity index (χ4n) is 2.41. The van der Waals surface area contributed by atoms with Gasteiger partial charge in [-0.2, -0.15) is 0 Å². The van der Waals surface area contributed by atoms with Crippen LogP contribution >= 0.6 is 0 Å². The molecule has 1 N–H and O–H groups in total. The van der Waals surface area contributed by atoms with Crippen molar-refractivity contribution in [2.45, 2.75) is 85.2 Å². The first-order valence-electron chi connectivity index (χ1n) is 7.73. The number of carbonyl (C=O) groups excluding carboxylic acids is 1. The lowest BCUT2D eigenvalue weighted by atomic mass is 9.97. The van der Waals surface area contributed by atoms with Gasteiger partial charge in [0.25, 0.3) is 0 Å². The standard InChI is InChI=1S/C16H31NO3/c1-10(2)8-12(14-13(19-14)9-11(3)4)17-15(18)20-16(5,6)7/h10-14H,8-9H2,1-7H3,(H,17,18). The molecule has 0 saturated carbocycles. The number of hydrogen-bond donors (Lipinski definition) is 1. The summed E-state index contributed by atoms with van der Waals surface area (Å²) in [5.41, 5.74) is -0.464. The topological polar surface area (TPSA) is 50.9 Å². The van der Waals surface area contributed by atoms with Crippen LogP contribution in [-0.4, -0.2) is 29.9 Å². The second kappa shape index (κ2) is 6.79. The second-order valence-electron chi connectivity index (χ2n) is 7.65. The van der Waals surface area contributed by atoms with E-state index in [0.29, 0.717) is 11.8 Å². The molecule has 3 unspecified atom stereocenters. The van der Waals surface area contributed by atoms with E-state index in [9.17, 15) is 4.79 Å². The Morgan fingerprint density at radius 1 is 1.20 bits per heavy atom. The molecule has 0 bridgehead atoms. The summed E-state index contributed by atoms with van der Waals surface area (Å²) in [6, 6.07) is 0.0496. The Kier molecular flexibility index (Phi) is 5.87. The zero-order valence-corrected chi connectivity index (χ0v) is 14.0. The van der Waals surface area contributed by atoms with Gasteiger partial charge >= 0.3 is 6.09 Å². The molecule has 1 fully saturated rings. The molecule has 1 aliphatic rings. The van der Waals surface area contributed by atoms with Crippen molar-refractivity contribution in [3.8, 4) is 0 Å². The van der Waals surface area contributed by atoms with Crippen molar-refractivity contribution in [2.75, 3.05) is 0 Å². The van der Waals surface area contributed by atoms with Crippen LogP contribution in [0, 0.1) is 11.8 Å². The Hall–Kier alpha value is -0.770. The van der Waals surface area contributed by atoms with Gasteiger partial charge in [-0.3, -0.25) is 0 Å². The summed E-state index contributed by atoms with van der Waals surface area (Å²) in [5, 5.41) is 2.98. The van der Waals surface area contributed by atoms with E-state index in [2.05, 4.69) is 33.0 Å². The zero-order chi connectivity index (χ0) is 15.5. The molecule has 1 heterocycles. The molecule has 3 atom stereocenters. The Labute approximate surface area is 123 Å². The number of alkyl carbamates (subject to hydrolysis) is 1. The highest BCUT2D eigenvalue weighted by atomic mass is 16.6. The predicted octanol–water partition coefficient (Wildman–Crippen LogP) is 3.74. The van der Waals surface area contributed by atoms with Crippen molar-refractivity contribution >= 4 is 6.09 Å². The monoisotopic (exact) mass is 285 g/mol. The Morgan fingerprint density at radius 2 is 1.80 bits per heavy atom. The van der Waals surface area contributed by atoms with Crippen molar-refractivity contribution < 1.29 is 14.3 Å². The van der Waals surface area contributed by atoms with E-state index in [1.807, 2.05) is 20.8 Å². The summed E-state index contributed by atoms with van der Waals surface area (Å²) < 4.78 is 11.1. The van der Waals surface area contributed by atoms with Crippen molar-refractivity contribution in [3.05, 3.63) is 0 Å². The molecule has 1 saturated heterocycles. The van der Waals surface area contributed by atoms with Gasteiger partial charge < -0.3 is 14.8 Å². The molecule has 0 radical (unpaired) electrons. The van der Waals surface area contributed by atoms with Crippen LogP contribution in [0.3, 0.4) is 0 Å². The Bertz CT molecular complexity index is 320. The molecule has 0 aromatic heterocycles. The lowest BCUT2D eigenvalue weighted by Gasteiger charge is -2.24. The van der Waals surface area contributed by atoms with Gasteiger partial charge in [-0.05, 0) is 45.4 Å². The molecule has 4 nitrogen and oxygen atoms in total. The molecule has 0 aromatic carbocycles. The maximum atomic E-state index is 11.9. The Morgan fingerprint density at radius 3 is 2.25 bits per heavy atom. The van der Waals surface area contributed by atoms with Crippen LogP contribution in [0.15, 0.2) is 0 Å². The number of epoxide rings is 1. The molecule has 0 aliphatic carbocycles. The normalized spacial score (nSPS) is 23.9. The van der Waals surface area contributed by atoms with Gasteiger partial charge in [0.1, 0.15) is 11.7 Å². The lowest BCUT2D eigenvalue weighted by Crippen LogP contribution is -2.43. The van der Waals surface area contributed by atoms with Crippen molar-refractivity contribution in [2.24, 2.45) is 11.8 Å². The first-order chi connectivity index (χ1) is 9.08. The Balaban J connectivity index is 2.51. The summed E-state index contributed by atoms with van der Waals surface area (Å²) in [4.78, 5) is 11.9. The fourth-order valence-corrected chi connectivity index (χ4v) is 2.41. The predicted molar refractivity (Wildman–Crippen MR) is 80.7 cm³/mol. The number of amides is 1. The van der Waals surface area contributed by atoms with Crippen LogP contribution in [0.1, 0.15) is 61.3 Å². The van der Waals surface area contributed by atoms with Gasteiger partial charge in [0.05, 0.1) is 12.1 Å². The van der Waals surface area contributed by atoms with E-state index in [1.54, 1.807) is 0 Å². The van der Waals surface area contributed by atoms with Crippen LogP contribution in [0.25, 0.3) is 0 Å². The van der Waals surface area contributed by atoms with E-state index in [0.717, 1.165) is 12.8 Å². The minimum atomic E-state index is -0.464. The number of nitrogens with one attached hydrogen (secondary N) is 1. The molecular weight excluding hydrogens is 254 g/mol. The average molecular weight is 285 g/mol.